The molecular weight excluding hydrogens is 146 g/mol. The van der Waals surface area contributed by atoms with Gasteiger partial charge in [0.1, 0.15) is 6.04 Å². The van der Waals surface area contributed by atoms with Crippen LogP contribution in [-0.4, -0.2) is 29.4 Å². The smallest absolute Gasteiger partial charge is 0.240 e. The van der Waals surface area contributed by atoms with Crippen molar-refractivity contribution < 1.29 is 10.0 Å². The van der Waals surface area contributed by atoms with Crippen LogP contribution in [0, 0.1) is 0 Å². The van der Waals surface area contributed by atoms with E-state index in [2.05, 4.69) is 10.5 Å². The van der Waals surface area contributed by atoms with Crippen LogP contribution in [0.25, 0.3) is 0 Å². The van der Waals surface area contributed by atoms with Crippen molar-refractivity contribution in [1.29, 1.82) is 0 Å². The number of rotatable bonds is 1. The van der Waals surface area contributed by atoms with Gasteiger partial charge in [0.05, 0.1) is 5.71 Å². The minimum atomic E-state index is -0.575. The van der Waals surface area contributed by atoms with Gasteiger partial charge in [-0.2, -0.15) is 0 Å². The Morgan fingerprint density at radius 1 is 1.82 bits per heavy atom. The molecule has 5 heteroatoms. The number of nitrogens with zero attached hydrogens (tertiary/aromatic N) is 1. The van der Waals surface area contributed by atoms with E-state index in [0.717, 1.165) is 13.0 Å². The second kappa shape index (κ2) is 3.34. The Kier molecular flexibility index (Phi) is 2.43. The Balaban J connectivity index is 2.67. The van der Waals surface area contributed by atoms with E-state index in [1.165, 1.54) is 0 Å². The Bertz CT molecular complexity index is 190. The summed E-state index contributed by atoms with van der Waals surface area (Å²) in [5.74, 6) is -0.488. The molecule has 0 saturated carbocycles. The quantitative estimate of drug-likeness (QED) is 0.339. The van der Waals surface area contributed by atoms with Crippen LogP contribution in [0.1, 0.15) is 12.8 Å². The first-order chi connectivity index (χ1) is 5.25. The number of hydrogen-bond donors (Lipinski definition) is 3. The summed E-state index contributed by atoms with van der Waals surface area (Å²) in [5.41, 5.74) is 5.47. The molecule has 11 heavy (non-hydrogen) atoms. The van der Waals surface area contributed by atoms with E-state index in [0.29, 0.717) is 12.1 Å². The van der Waals surface area contributed by atoms with Crippen LogP contribution >= 0.6 is 0 Å². The predicted octanol–water partition coefficient (Wildman–Crippen LogP) is -0.946. The number of piperidine rings is 1. The van der Waals surface area contributed by atoms with Gasteiger partial charge in [0.25, 0.3) is 0 Å². The van der Waals surface area contributed by atoms with Crippen LogP contribution in [0.3, 0.4) is 0 Å². The molecule has 0 spiro atoms. The van der Waals surface area contributed by atoms with E-state index < -0.39 is 11.9 Å². The average Bonchev–Trinajstić information content (AvgIpc) is 2.04. The van der Waals surface area contributed by atoms with Crippen molar-refractivity contribution in [3.05, 3.63) is 0 Å². The van der Waals surface area contributed by atoms with Gasteiger partial charge in [0.2, 0.25) is 5.91 Å². The lowest BCUT2D eigenvalue weighted by atomic mass is 10.0. The second-order valence-electron chi connectivity index (χ2n) is 2.48. The van der Waals surface area contributed by atoms with Gasteiger partial charge in [-0.15, -0.1) is 0 Å². The third-order valence-electron chi connectivity index (χ3n) is 1.70. The van der Waals surface area contributed by atoms with E-state index in [-0.39, 0.29) is 0 Å². The molecule has 1 amide bonds. The summed E-state index contributed by atoms with van der Waals surface area (Å²) < 4.78 is 0. The number of oxime groups is 1. The summed E-state index contributed by atoms with van der Waals surface area (Å²) >= 11 is 0. The Morgan fingerprint density at radius 3 is 3.00 bits per heavy atom. The van der Waals surface area contributed by atoms with Crippen molar-refractivity contribution in [3.8, 4) is 0 Å². The van der Waals surface area contributed by atoms with Gasteiger partial charge < -0.3 is 16.3 Å². The maximum Gasteiger partial charge on any atom is 0.240 e. The average molecular weight is 157 g/mol. The Labute approximate surface area is 64.3 Å². The number of nitrogens with one attached hydrogen (secondary N) is 1. The lowest BCUT2D eigenvalue weighted by Crippen LogP contribution is -2.50. The highest BCUT2D eigenvalue weighted by Crippen LogP contribution is 2.03. The molecule has 1 saturated heterocycles. The lowest BCUT2D eigenvalue weighted by molar-refractivity contribution is -0.118. The van der Waals surface area contributed by atoms with Crippen molar-refractivity contribution in [1.82, 2.24) is 5.32 Å². The SMILES string of the molecule is NC(=O)C1NCCCC1=NO. The molecule has 1 atom stereocenters. The predicted molar refractivity (Wildman–Crippen MR) is 39.4 cm³/mol. The molecule has 0 bridgehead atoms. The summed E-state index contributed by atoms with van der Waals surface area (Å²) in [5, 5.41) is 14.3. The molecule has 0 aromatic carbocycles. The zero-order valence-electron chi connectivity index (χ0n) is 6.08. The number of nitrogens with two attached hydrogens (primary N) is 1. The van der Waals surface area contributed by atoms with E-state index in [1.54, 1.807) is 0 Å². The van der Waals surface area contributed by atoms with Gasteiger partial charge >= 0.3 is 0 Å². The second-order valence-corrected chi connectivity index (χ2v) is 2.48. The van der Waals surface area contributed by atoms with E-state index in [4.69, 9.17) is 10.9 Å². The Hall–Kier alpha value is -1.10. The van der Waals surface area contributed by atoms with E-state index >= 15 is 0 Å². The van der Waals surface area contributed by atoms with Crippen LogP contribution in [-0.2, 0) is 4.79 Å². The first kappa shape index (κ1) is 8.00. The van der Waals surface area contributed by atoms with Gasteiger partial charge in [0.15, 0.2) is 0 Å². The fraction of sp³-hybridized carbons (Fsp3) is 0.667. The molecule has 0 aromatic heterocycles. The highest BCUT2D eigenvalue weighted by molar-refractivity contribution is 6.07. The van der Waals surface area contributed by atoms with Crippen molar-refractivity contribution in [2.75, 3.05) is 6.54 Å². The largest absolute Gasteiger partial charge is 0.411 e. The minimum Gasteiger partial charge on any atom is -0.411 e. The zero-order valence-corrected chi connectivity index (χ0v) is 6.08. The highest BCUT2D eigenvalue weighted by Gasteiger charge is 2.24. The Morgan fingerprint density at radius 2 is 2.55 bits per heavy atom. The molecule has 0 radical (unpaired) electrons. The maximum absolute atomic E-state index is 10.7. The molecule has 5 nitrogen and oxygen atoms in total. The number of amides is 1. The van der Waals surface area contributed by atoms with Crippen molar-refractivity contribution >= 4 is 11.6 Å². The third-order valence-corrected chi connectivity index (χ3v) is 1.70. The lowest BCUT2D eigenvalue weighted by Gasteiger charge is -2.21. The van der Waals surface area contributed by atoms with Crippen LogP contribution in [0.2, 0.25) is 0 Å². The molecule has 62 valence electrons. The highest BCUT2D eigenvalue weighted by atomic mass is 16.4. The first-order valence-corrected chi connectivity index (χ1v) is 3.49. The maximum atomic E-state index is 10.7. The van der Waals surface area contributed by atoms with Gasteiger partial charge in [0, 0.05) is 0 Å². The van der Waals surface area contributed by atoms with Gasteiger partial charge in [-0.3, -0.25) is 4.79 Å². The van der Waals surface area contributed by atoms with Crippen molar-refractivity contribution in [3.63, 3.8) is 0 Å². The van der Waals surface area contributed by atoms with Gasteiger partial charge in [-0.05, 0) is 19.4 Å². The topological polar surface area (TPSA) is 87.7 Å². The zero-order chi connectivity index (χ0) is 8.27. The van der Waals surface area contributed by atoms with Crippen LogP contribution in [0.4, 0.5) is 0 Å². The van der Waals surface area contributed by atoms with Crippen molar-refractivity contribution in [2.45, 2.75) is 18.9 Å². The monoisotopic (exact) mass is 157 g/mol. The summed E-state index contributed by atoms with van der Waals surface area (Å²) in [6, 6.07) is -0.575. The van der Waals surface area contributed by atoms with Gasteiger partial charge in [-0.25, -0.2) is 0 Å². The number of carbonyl (C=O) groups excluding carboxylic acids is 1. The minimum absolute atomic E-state index is 0.434. The molecule has 1 fully saturated rings. The molecule has 0 aromatic rings. The number of carbonyl (C=O) groups is 1. The molecule has 1 unspecified atom stereocenters. The first-order valence-electron chi connectivity index (χ1n) is 3.49. The molecule has 0 aliphatic carbocycles. The fourth-order valence-electron chi connectivity index (χ4n) is 1.15. The number of hydrogen-bond acceptors (Lipinski definition) is 4. The summed E-state index contributed by atoms with van der Waals surface area (Å²) in [6.07, 6.45) is 1.51. The van der Waals surface area contributed by atoms with Gasteiger partial charge in [-0.1, -0.05) is 5.16 Å². The fourth-order valence-corrected chi connectivity index (χ4v) is 1.15. The summed E-state index contributed by atoms with van der Waals surface area (Å²) in [4.78, 5) is 10.7. The number of primary amides is 1. The molecular formula is C6H11N3O2. The molecule has 1 heterocycles. The standard InChI is InChI=1S/C6H11N3O2/c7-6(10)5-4(9-11)2-1-3-8-5/h5,8,11H,1-3H2,(H2,7,10). The molecule has 1 rings (SSSR count). The van der Waals surface area contributed by atoms with E-state index in [9.17, 15) is 4.79 Å². The van der Waals surface area contributed by atoms with Crippen LogP contribution < -0.4 is 11.1 Å². The molecule has 4 N–H and O–H groups in total. The van der Waals surface area contributed by atoms with Crippen LogP contribution in [0.5, 0.6) is 0 Å². The van der Waals surface area contributed by atoms with Crippen LogP contribution in [0.15, 0.2) is 5.16 Å². The van der Waals surface area contributed by atoms with E-state index in [1.807, 2.05) is 0 Å². The summed E-state index contributed by atoms with van der Waals surface area (Å²) in [7, 11) is 0. The van der Waals surface area contributed by atoms with Crippen molar-refractivity contribution in [2.24, 2.45) is 10.9 Å². The summed E-state index contributed by atoms with van der Waals surface area (Å²) in [6.45, 7) is 0.743. The molecule has 1 aliphatic rings. The third kappa shape index (κ3) is 1.68. The normalized spacial score (nSPS) is 28.7. The molecule has 1 aliphatic heterocycles.